The summed E-state index contributed by atoms with van der Waals surface area (Å²) < 4.78 is 24.7. The largest absolute Gasteiger partial charge is 0.458 e. The monoisotopic (exact) mass is 526 g/mol. The van der Waals surface area contributed by atoms with Crippen molar-refractivity contribution in [1.29, 1.82) is 0 Å². The number of aliphatic hydroxyl groups is 2. The fourth-order valence-corrected chi connectivity index (χ4v) is 12.4. The fourth-order valence-electron chi connectivity index (χ4n) is 12.4. The first kappa shape index (κ1) is 25.5. The van der Waals surface area contributed by atoms with Gasteiger partial charge in [-0.15, -0.1) is 0 Å². The van der Waals surface area contributed by atoms with Crippen molar-refractivity contribution < 1.29 is 34.0 Å². The van der Waals surface area contributed by atoms with Gasteiger partial charge in [0.2, 0.25) is 0 Å². The molecule has 6 saturated carbocycles. The minimum Gasteiger partial charge on any atom is -0.458 e. The summed E-state index contributed by atoms with van der Waals surface area (Å²) >= 11 is 0. The zero-order valence-electron chi connectivity index (χ0n) is 23.0. The zero-order chi connectivity index (χ0) is 26.7. The van der Waals surface area contributed by atoms with Crippen LogP contribution in [0.4, 0.5) is 0 Å². The molecule has 7 heteroatoms. The van der Waals surface area contributed by atoms with E-state index in [1.54, 1.807) is 33.5 Å². The summed E-state index contributed by atoms with van der Waals surface area (Å²) in [5.41, 5.74) is -1.35. The van der Waals surface area contributed by atoms with Crippen LogP contribution in [0.2, 0.25) is 0 Å². The Bertz CT molecular complexity index is 1110. The normalized spacial score (nSPS) is 53.3. The number of aliphatic hydroxyl groups excluding tert-OH is 1. The lowest BCUT2D eigenvalue weighted by atomic mass is 9.43. The van der Waals surface area contributed by atoms with Gasteiger partial charge in [-0.05, 0) is 55.6 Å². The number of benzene rings is 1. The third-order valence-corrected chi connectivity index (χ3v) is 12.8. The number of hydrogen-bond acceptors (Lipinski definition) is 7. The number of carbonyl (C=O) groups is 1. The van der Waals surface area contributed by atoms with Crippen molar-refractivity contribution in [3.63, 3.8) is 0 Å². The van der Waals surface area contributed by atoms with Crippen molar-refractivity contribution in [2.24, 2.45) is 45.8 Å². The molecule has 1 unspecified atom stereocenters. The van der Waals surface area contributed by atoms with Crippen LogP contribution in [0.5, 0.6) is 0 Å². The Kier molecular flexibility index (Phi) is 5.53. The van der Waals surface area contributed by atoms with Gasteiger partial charge in [-0.3, -0.25) is 0 Å². The Hall–Kier alpha value is -1.51. The molecule has 13 atom stereocenters. The van der Waals surface area contributed by atoms with Crippen molar-refractivity contribution in [3.8, 4) is 0 Å². The molecule has 0 aliphatic heterocycles. The van der Waals surface area contributed by atoms with E-state index in [1.165, 1.54) is 0 Å². The molecule has 0 radical (unpaired) electrons. The van der Waals surface area contributed by atoms with Crippen molar-refractivity contribution in [2.45, 2.75) is 75.5 Å². The molecule has 208 valence electrons. The third-order valence-electron chi connectivity index (χ3n) is 12.8. The van der Waals surface area contributed by atoms with Gasteiger partial charge in [0.25, 0.3) is 0 Å². The predicted molar refractivity (Wildman–Crippen MR) is 138 cm³/mol. The third kappa shape index (κ3) is 2.62. The van der Waals surface area contributed by atoms with Gasteiger partial charge in [-0.2, -0.15) is 0 Å². The number of methoxy groups -OCH3 is 3. The Balaban J connectivity index is 1.41. The van der Waals surface area contributed by atoms with Gasteiger partial charge in [0.15, 0.2) is 0 Å². The minimum absolute atomic E-state index is 0.0154. The molecule has 0 saturated heterocycles. The van der Waals surface area contributed by atoms with Gasteiger partial charge in [-0.25, -0.2) is 4.79 Å². The highest BCUT2D eigenvalue weighted by molar-refractivity contribution is 5.89. The second kappa shape index (κ2) is 8.26. The van der Waals surface area contributed by atoms with Gasteiger partial charge in [0, 0.05) is 62.3 Å². The Morgan fingerprint density at radius 1 is 1.08 bits per heavy atom. The van der Waals surface area contributed by atoms with Gasteiger partial charge >= 0.3 is 5.97 Å². The maximum absolute atomic E-state index is 13.4. The minimum atomic E-state index is -1.11. The lowest BCUT2D eigenvalue weighted by molar-refractivity contribution is -0.264. The highest BCUT2D eigenvalue weighted by Gasteiger charge is 2.91. The molecule has 6 aliphatic rings. The summed E-state index contributed by atoms with van der Waals surface area (Å²) in [5, 5.41) is 25.1. The van der Waals surface area contributed by atoms with Gasteiger partial charge in [0.05, 0.1) is 36.1 Å². The molecular weight excluding hydrogens is 484 g/mol. The number of esters is 1. The molecule has 1 aromatic carbocycles. The van der Waals surface area contributed by atoms with E-state index in [1.807, 2.05) is 18.2 Å². The van der Waals surface area contributed by atoms with E-state index >= 15 is 0 Å². The van der Waals surface area contributed by atoms with Crippen LogP contribution in [0.1, 0.15) is 55.8 Å². The van der Waals surface area contributed by atoms with Crippen LogP contribution >= 0.6 is 0 Å². The summed E-state index contributed by atoms with van der Waals surface area (Å²) in [5.74, 6) is -0.684. The van der Waals surface area contributed by atoms with Gasteiger partial charge in [0.1, 0.15) is 6.10 Å². The number of carbonyl (C=O) groups excluding carboxylic acids is 1. The van der Waals surface area contributed by atoms with E-state index in [0.717, 1.165) is 32.1 Å². The standard InChI is InChI=1S/C31H42O7/c1-5-29-15-28(16-35-2)12-11-21(32)31(29)19-13-18-20(36-3)14-30(34,26(29)24(37-4)25(28)31)22(19)23(18)38-27(33)17-9-7-6-8-10-17/h6-10,18-26,32,34H,5,11-16H2,1-4H3/t18-,19-,20+,21+,22-,23+,24-,25-,26+,28+,29?,30-,31+/m1/s1. The lowest BCUT2D eigenvalue weighted by Gasteiger charge is -2.64. The average Bonchev–Trinajstić information content (AvgIpc) is 3.44. The number of fused-ring (bicyclic) bond motifs is 2. The van der Waals surface area contributed by atoms with Crippen LogP contribution in [-0.4, -0.2) is 74.1 Å². The second-order valence-corrected chi connectivity index (χ2v) is 13.4. The Morgan fingerprint density at radius 3 is 2.50 bits per heavy atom. The molecule has 6 aliphatic carbocycles. The van der Waals surface area contributed by atoms with Crippen LogP contribution in [0.25, 0.3) is 0 Å². The van der Waals surface area contributed by atoms with Crippen LogP contribution in [-0.2, 0) is 18.9 Å². The summed E-state index contributed by atoms with van der Waals surface area (Å²) in [7, 11) is 5.26. The maximum Gasteiger partial charge on any atom is 0.338 e. The molecule has 7 nitrogen and oxygen atoms in total. The SMILES string of the molecule is CCC12C[C@]3(COC)CC[C@H](O)[C@]14[C@@H]1C[C@H]5[C@H](OC(=O)c6ccccc6)[C@@H]1[C@](O)(C[C@@H]5OC)[C@H]2[C@H](OC)[C@H]34. The van der Waals surface area contributed by atoms with Crippen LogP contribution in [0, 0.1) is 45.8 Å². The predicted octanol–water partition coefficient (Wildman–Crippen LogP) is 3.46. The molecule has 6 fully saturated rings. The first-order chi connectivity index (χ1) is 18.3. The summed E-state index contributed by atoms with van der Waals surface area (Å²) in [6, 6.07) is 9.11. The van der Waals surface area contributed by atoms with Crippen molar-refractivity contribution in [3.05, 3.63) is 35.9 Å². The smallest absolute Gasteiger partial charge is 0.338 e. The van der Waals surface area contributed by atoms with Crippen LogP contribution < -0.4 is 0 Å². The molecule has 1 aromatic rings. The number of ether oxygens (including phenoxy) is 4. The molecular formula is C31H42O7. The van der Waals surface area contributed by atoms with E-state index in [-0.39, 0.29) is 58.6 Å². The molecule has 0 amide bonds. The lowest BCUT2D eigenvalue weighted by Crippen LogP contribution is -2.69. The highest BCUT2D eigenvalue weighted by Crippen LogP contribution is 2.89. The van der Waals surface area contributed by atoms with E-state index in [4.69, 9.17) is 18.9 Å². The first-order valence-corrected chi connectivity index (χ1v) is 14.5. The van der Waals surface area contributed by atoms with E-state index in [2.05, 4.69) is 6.92 Å². The molecule has 0 aromatic heterocycles. The van der Waals surface area contributed by atoms with E-state index < -0.39 is 23.2 Å². The number of hydrogen-bond donors (Lipinski definition) is 2. The topological polar surface area (TPSA) is 94.5 Å². The second-order valence-electron chi connectivity index (χ2n) is 13.4. The average molecular weight is 527 g/mol. The van der Waals surface area contributed by atoms with Crippen molar-refractivity contribution in [2.75, 3.05) is 27.9 Å². The maximum atomic E-state index is 13.4. The van der Waals surface area contributed by atoms with Crippen molar-refractivity contribution in [1.82, 2.24) is 0 Å². The molecule has 0 heterocycles. The number of rotatable bonds is 7. The van der Waals surface area contributed by atoms with Gasteiger partial charge < -0.3 is 29.2 Å². The van der Waals surface area contributed by atoms with Crippen LogP contribution in [0.3, 0.4) is 0 Å². The van der Waals surface area contributed by atoms with E-state index in [9.17, 15) is 15.0 Å². The van der Waals surface area contributed by atoms with Crippen molar-refractivity contribution >= 4 is 5.97 Å². The fraction of sp³-hybridized carbons (Fsp3) is 0.774. The molecule has 7 bridgehead atoms. The highest BCUT2D eigenvalue weighted by atomic mass is 16.6. The molecule has 7 rings (SSSR count). The quantitative estimate of drug-likeness (QED) is 0.526. The summed E-state index contributed by atoms with van der Waals surface area (Å²) in [4.78, 5) is 13.4. The Labute approximate surface area is 225 Å². The molecule has 1 spiro atoms. The molecule has 2 N–H and O–H groups in total. The zero-order valence-corrected chi connectivity index (χ0v) is 23.0. The molecule has 38 heavy (non-hydrogen) atoms. The van der Waals surface area contributed by atoms with Gasteiger partial charge in [-0.1, -0.05) is 25.1 Å². The van der Waals surface area contributed by atoms with E-state index in [0.29, 0.717) is 18.6 Å². The summed E-state index contributed by atoms with van der Waals surface area (Å²) in [6.07, 6.45) is 3.39. The Morgan fingerprint density at radius 2 is 1.84 bits per heavy atom. The first-order valence-electron chi connectivity index (χ1n) is 14.5. The summed E-state index contributed by atoms with van der Waals surface area (Å²) in [6.45, 7) is 2.89. The van der Waals surface area contributed by atoms with Crippen LogP contribution in [0.15, 0.2) is 30.3 Å².